The van der Waals surface area contributed by atoms with E-state index in [9.17, 15) is 14.7 Å². The van der Waals surface area contributed by atoms with Crippen LogP contribution < -0.4 is 9.47 Å². The number of benzene rings is 1. The highest BCUT2D eigenvalue weighted by atomic mass is 16.5. The van der Waals surface area contributed by atoms with Crippen molar-refractivity contribution in [2.24, 2.45) is 0 Å². The molecule has 0 bridgehead atoms. The van der Waals surface area contributed by atoms with Crippen molar-refractivity contribution in [2.45, 2.75) is 6.04 Å². The van der Waals surface area contributed by atoms with Crippen LogP contribution in [-0.4, -0.2) is 56.2 Å². The van der Waals surface area contributed by atoms with Crippen LogP contribution >= 0.6 is 0 Å². The minimum Gasteiger partial charge on any atom is -0.503 e. The first-order chi connectivity index (χ1) is 13.5. The average Bonchev–Trinajstić information content (AvgIpc) is 3.33. The van der Waals surface area contributed by atoms with E-state index in [2.05, 4.69) is 0 Å². The SMILES string of the molecule is COCCN1C(=O)C(O)=C(C(=O)c2ccco2)[C@H]1c1ccc(OC)cc1OC. The van der Waals surface area contributed by atoms with Gasteiger partial charge in [-0.05, 0) is 24.3 Å². The van der Waals surface area contributed by atoms with Crippen molar-refractivity contribution in [2.75, 3.05) is 34.5 Å². The molecule has 0 unspecified atom stereocenters. The van der Waals surface area contributed by atoms with Gasteiger partial charge in [0.2, 0.25) is 5.78 Å². The van der Waals surface area contributed by atoms with E-state index in [0.29, 0.717) is 17.1 Å². The molecule has 1 atom stereocenters. The van der Waals surface area contributed by atoms with Crippen LogP contribution in [0.15, 0.2) is 52.3 Å². The Kier molecular flexibility index (Phi) is 5.70. The second-order valence-corrected chi connectivity index (χ2v) is 6.07. The Bertz CT molecular complexity index is 901. The first kappa shape index (κ1) is 19.5. The van der Waals surface area contributed by atoms with Crippen LogP contribution in [0.4, 0.5) is 0 Å². The van der Waals surface area contributed by atoms with Crippen molar-refractivity contribution in [3.05, 3.63) is 59.3 Å². The molecular formula is C20H21NO7. The van der Waals surface area contributed by atoms with Gasteiger partial charge in [-0.1, -0.05) is 0 Å². The summed E-state index contributed by atoms with van der Waals surface area (Å²) in [5.74, 6) is -0.839. The number of furan rings is 1. The Morgan fingerprint density at radius 1 is 1.21 bits per heavy atom. The average molecular weight is 387 g/mol. The summed E-state index contributed by atoms with van der Waals surface area (Å²) in [6.45, 7) is 0.407. The quantitative estimate of drug-likeness (QED) is 0.695. The highest BCUT2D eigenvalue weighted by Gasteiger charge is 2.45. The Morgan fingerprint density at radius 3 is 2.61 bits per heavy atom. The largest absolute Gasteiger partial charge is 0.503 e. The number of ether oxygens (including phenoxy) is 3. The van der Waals surface area contributed by atoms with E-state index >= 15 is 0 Å². The summed E-state index contributed by atoms with van der Waals surface area (Å²) in [7, 11) is 4.51. The van der Waals surface area contributed by atoms with E-state index in [0.717, 1.165) is 0 Å². The molecule has 1 N–H and O–H groups in total. The minimum absolute atomic E-state index is 0.0282. The van der Waals surface area contributed by atoms with Gasteiger partial charge in [-0.25, -0.2) is 0 Å². The Labute approximate surface area is 161 Å². The molecule has 0 fully saturated rings. The van der Waals surface area contributed by atoms with Crippen molar-refractivity contribution in [3.8, 4) is 11.5 Å². The van der Waals surface area contributed by atoms with Gasteiger partial charge in [0.15, 0.2) is 11.5 Å². The molecule has 2 heterocycles. The van der Waals surface area contributed by atoms with E-state index < -0.39 is 23.5 Å². The molecule has 8 heteroatoms. The number of hydrogen-bond acceptors (Lipinski definition) is 7. The van der Waals surface area contributed by atoms with E-state index in [1.165, 1.54) is 38.6 Å². The highest BCUT2D eigenvalue weighted by Crippen LogP contribution is 2.43. The van der Waals surface area contributed by atoms with Crippen molar-refractivity contribution in [3.63, 3.8) is 0 Å². The monoisotopic (exact) mass is 387 g/mol. The number of nitrogens with zero attached hydrogens (tertiary/aromatic N) is 1. The Balaban J connectivity index is 2.14. The van der Waals surface area contributed by atoms with Gasteiger partial charge < -0.3 is 28.6 Å². The molecule has 3 rings (SSSR count). The molecule has 148 valence electrons. The third kappa shape index (κ3) is 3.34. The third-order valence-corrected chi connectivity index (χ3v) is 4.56. The lowest BCUT2D eigenvalue weighted by molar-refractivity contribution is -0.130. The molecule has 1 aliphatic heterocycles. The molecule has 0 saturated carbocycles. The number of aliphatic hydroxyl groups excluding tert-OH is 1. The van der Waals surface area contributed by atoms with Crippen molar-refractivity contribution in [1.82, 2.24) is 4.90 Å². The molecule has 1 amide bonds. The standard InChI is InChI=1S/C20H21NO7/c1-25-10-8-21-17(13-7-6-12(26-2)11-15(13)27-3)16(19(23)20(21)24)18(22)14-5-4-9-28-14/h4-7,9,11,17,23H,8,10H2,1-3H3/t17-/m1/s1. The Hall–Kier alpha value is -3.26. The fourth-order valence-electron chi connectivity index (χ4n) is 3.21. The number of ketones is 1. The second kappa shape index (κ2) is 8.18. The van der Waals surface area contributed by atoms with Gasteiger partial charge >= 0.3 is 0 Å². The van der Waals surface area contributed by atoms with Gasteiger partial charge in [0.25, 0.3) is 5.91 Å². The summed E-state index contributed by atoms with van der Waals surface area (Å²) in [5.41, 5.74) is 0.464. The maximum Gasteiger partial charge on any atom is 0.290 e. The molecular weight excluding hydrogens is 366 g/mol. The molecule has 1 aromatic heterocycles. The van der Waals surface area contributed by atoms with Crippen LogP contribution in [0.3, 0.4) is 0 Å². The smallest absolute Gasteiger partial charge is 0.290 e. The topological polar surface area (TPSA) is 98.4 Å². The predicted octanol–water partition coefficient (Wildman–Crippen LogP) is 2.52. The van der Waals surface area contributed by atoms with Gasteiger partial charge in [-0.2, -0.15) is 0 Å². The molecule has 0 radical (unpaired) electrons. The van der Waals surface area contributed by atoms with Crippen molar-refractivity contribution >= 4 is 11.7 Å². The number of carbonyl (C=O) groups is 2. The first-order valence-electron chi connectivity index (χ1n) is 8.56. The zero-order valence-electron chi connectivity index (χ0n) is 15.8. The number of aliphatic hydroxyl groups is 1. The minimum atomic E-state index is -0.860. The molecule has 0 spiro atoms. The van der Waals surface area contributed by atoms with Crippen molar-refractivity contribution < 1.29 is 33.3 Å². The molecule has 1 aromatic carbocycles. The van der Waals surface area contributed by atoms with E-state index in [-0.39, 0.29) is 24.5 Å². The maximum atomic E-state index is 13.0. The van der Waals surface area contributed by atoms with Crippen molar-refractivity contribution in [1.29, 1.82) is 0 Å². The van der Waals surface area contributed by atoms with Gasteiger partial charge in [0.05, 0.1) is 38.7 Å². The van der Waals surface area contributed by atoms with Crippen LogP contribution in [0.2, 0.25) is 0 Å². The molecule has 2 aromatic rings. The number of methoxy groups -OCH3 is 3. The molecule has 8 nitrogen and oxygen atoms in total. The summed E-state index contributed by atoms with van der Waals surface area (Å²) in [6.07, 6.45) is 1.35. The lowest BCUT2D eigenvalue weighted by atomic mass is 9.94. The van der Waals surface area contributed by atoms with E-state index in [4.69, 9.17) is 18.6 Å². The molecule has 28 heavy (non-hydrogen) atoms. The summed E-state index contributed by atoms with van der Waals surface area (Å²) in [4.78, 5) is 27.1. The molecule has 0 saturated heterocycles. The third-order valence-electron chi connectivity index (χ3n) is 4.56. The fraction of sp³-hybridized carbons (Fsp3) is 0.300. The summed E-state index contributed by atoms with van der Waals surface area (Å²) in [6, 6.07) is 7.23. The van der Waals surface area contributed by atoms with E-state index in [1.807, 2.05) is 0 Å². The van der Waals surface area contributed by atoms with Crippen LogP contribution in [0.25, 0.3) is 0 Å². The van der Waals surface area contributed by atoms with Gasteiger partial charge in [0.1, 0.15) is 11.5 Å². The predicted molar refractivity (Wildman–Crippen MR) is 98.6 cm³/mol. The zero-order valence-corrected chi connectivity index (χ0v) is 15.8. The lowest BCUT2D eigenvalue weighted by Gasteiger charge is -2.27. The number of hydrogen-bond donors (Lipinski definition) is 1. The number of rotatable bonds is 8. The second-order valence-electron chi connectivity index (χ2n) is 6.07. The normalized spacial score (nSPS) is 16.6. The van der Waals surface area contributed by atoms with Crippen LogP contribution in [0.5, 0.6) is 11.5 Å². The highest BCUT2D eigenvalue weighted by molar-refractivity contribution is 6.15. The van der Waals surface area contributed by atoms with Crippen LogP contribution in [0.1, 0.15) is 22.2 Å². The van der Waals surface area contributed by atoms with E-state index in [1.54, 1.807) is 24.3 Å². The number of amides is 1. The van der Waals surface area contributed by atoms with Gasteiger partial charge in [-0.3, -0.25) is 9.59 Å². The summed E-state index contributed by atoms with van der Waals surface area (Å²) < 4.78 is 20.9. The van der Waals surface area contributed by atoms with Crippen LogP contribution in [0, 0.1) is 0 Å². The van der Waals surface area contributed by atoms with Gasteiger partial charge in [-0.15, -0.1) is 0 Å². The van der Waals surface area contributed by atoms with Crippen LogP contribution in [-0.2, 0) is 9.53 Å². The summed E-state index contributed by atoms with van der Waals surface area (Å²) in [5, 5.41) is 10.5. The first-order valence-corrected chi connectivity index (χ1v) is 8.56. The lowest BCUT2D eigenvalue weighted by Crippen LogP contribution is -2.34. The Morgan fingerprint density at radius 2 is 2.00 bits per heavy atom. The summed E-state index contributed by atoms with van der Waals surface area (Å²) >= 11 is 0. The molecule has 1 aliphatic rings. The fourth-order valence-corrected chi connectivity index (χ4v) is 3.21. The van der Waals surface area contributed by atoms with Gasteiger partial charge in [0, 0.05) is 25.3 Å². The molecule has 0 aliphatic carbocycles. The number of carbonyl (C=O) groups excluding carboxylic acids is 2. The maximum absolute atomic E-state index is 13.0. The zero-order chi connectivity index (χ0) is 20.3. The number of Topliss-reactive ketones (excluding diaryl/α,β-unsaturated/α-hetero) is 1.